The van der Waals surface area contributed by atoms with E-state index in [0.717, 1.165) is 16.2 Å². The Morgan fingerprint density at radius 3 is 2.62 bits per heavy atom. The van der Waals surface area contributed by atoms with Crippen LogP contribution in [-0.4, -0.2) is 24.9 Å². The lowest BCUT2D eigenvalue weighted by Gasteiger charge is -2.11. The van der Waals surface area contributed by atoms with Gasteiger partial charge in [-0.1, -0.05) is 71.9 Å². The van der Waals surface area contributed by atoms with Crippen LogP contribution in [-0.2, 0) is 6.54 Å². The van der Waals surface area contributed by atoms with Gasteiger partial charge in [0.25, 0.3) is 5.56 Å². The molecule has 0 amide bonds. The SMILES string of the molecule is O=c1c2ccccc2n2c(SC/C=C/Cl)nnc2n1Cc1ccccc1. The molecule has 130 valence electrons. The zero-order valence-corrected chi connectivity index (χ0v) is 15.3. The van der Waals surface area contributed by atoms with Gasteiger partial charge in [-0.05, 0) is 17.7 Å². The summed E-state index contributed by atoms with van der Waals surface area (Å²) in [6.45, 7) is 0.443. The molecule has 0 unspecified atom stereocenters. The summed E-state index contributed by atoms with van der Waals surface area (Å²) in [5.74, 6) is 1.21. The summed E-state index contributed by atoms with van der Waals surface area (Å²) in [7, 11) is 0. The molecule has 0 fully saturated rings. The van der Waals surface area contributed by atoms with Gasteiger partial charge in [-0.3, -0.25) is 13.8 Å². The molecule has 0 aliphatic heterocycles. The summed E-state index contributed by atoms with van der Waals surface area (Å²) in [4.78, 5) is 13.1. The van der Waals surface area contributed by atoms with Crippen molar-refractivity contribution in [3.8, 4) is 0 Å². The first kappa shape index (κ1) is 16.9. The third-order valence-corrected chi connectivity index (χ3v) is 5.12. The molecule has 0 aliphatic carbocycles. The molecule has 0 atom stereocenters. The fourth-order valence-corrected chi connectivity index (χ4v) is 3.84. The van der Waals surface area contributed by atoms with Gasteiger partial charge in [0.1, 0.15) is 0 Å². The number of hydrogen-bond acceptors (Lipinski definition) is 4. The average molecular weight is 383 g/mol. The number of thioether (sulfide) groups is 1. The van der Waals surface area contributed by atoms with Crippen LogP contribution in [0.15, 0.2) is 76.2 Å². The number of rotatable bonds is 5. The van der Waals surface area contributed by atoms with E-state index in [4.69, 9.17) is 11.6 Å². The number of fused-ring (bicyclic) bond motifs is 3. The normalized spacial score (nSPS) is 11.7. The van der Waals surface area contributed by atoms with Gasteiger partial charge >= 0.3 is 0 Å². The second-order valence-corrected chi connectivity index (χ2v) is 6.92. The number of benzene rings is 2. The van der Waals surface area contributed by atoms with Gasteiger partial charge in [-0.2, -0.15) is 0 Å². The zero-order chi connectivity index (χ0) is 17.9. The van der Waals surface area contributed by atoms with Crippen LogP contribution in [0.3, 0.4) is 0 Å². The van der Waals surface area contributed by atoms with Crippen LogP contribution in [0.1, 0.15) is 5.56 Å². The fraction of sp³-hybridized carbons (Fsp3) is 0.105. The molecular weight excluding hydrogens is 368 g/mol. The summed E-state index contributed by atoms with van der Waals surface area (Å²) in [6.07, 6.45) is 1.84. The second-order valence-electron chi connectivity index (χ2n) is 5.68. The standard InChI is InChI=1S/C19H15ClN4OS/c20-11-6-12-26-19-22-21-18-23(13-14-7-2-1-3-8-14)17(25)15-9-4-5-10-16(15)24(18)19/h1-11H,12-13H2/b11-6+. The van der Waals surface area contributed by atoms with Crippen LogP contribution in [0.4, 0.5) is 0 Å². The van der Waals surface area contributed by atoms with Crippen molar-refractivity contribution in [1.82, 2.24) is 19.2 Å². The van der Waals surface area contributed by atoms with Crippen molar-refractivity contribution in [2.75, 3.05) is 5.75 Å². The second kappa shape index (κ2) is 7.35. The smallest absolute Gasteiger partial charge is 0.263 e. The Labute approximate surface area is 158 Å². The Balaban J connectivity index is 1.95. The van der Waals surface area contributed by atoms with Gasteiger partial charge in [-0.25, -0.2) is 0 Å². The Kier molecular flexibility index (Phi) is 4.77. The lowest BCUT2D eigenvalue weighted by molar-refractivity contribution is 0.764. The third kappa shape index (κ3) is 3.02. The van der Waals surface area contributed by atoms with Crippen molar-refractivity contribution in [3.05, 3.63) is 82.1 Å². The molecular formula is C19H15ClN4OS. The topological polar surface area (TPSA) is 52.2 Å². The molecule has 0 saturated heterocycles. The van der Waals surface area contributed by atoms with E-state index in [-0.39, 0.29) is 5.56 Å². The van der Waals surface area contributed by atoms with Crippen molar-refractivity contribution in [1.29, 1.82) is 0 Å². The number of halogens is 1. The van der Waals surface area contributed by atoms with E-state index in [1.165, 1.54) is 17.3 Å². The fourth-order valence-electron chi connectivity index (χ4n) is 2.89. The monoisotopic (exact) mass is 382 g/mol. The summed E-state index contributed by atoms with van der Waals surface area (Å²) < 4.78 is 3.61. The minimum Gasteiger partial charge on any atom is -0.272 e. The first-order chi connectivity index (χ1) is 12.8. The highest BCUT2D eigenvalue weighted by molar-refractivity contribution is 7.99. The molecule has 2 heterocycles. The summed E-state index contributed by atoms with van der Waals surface area (Å²) in [6, 6.07) is 17.4. The summed E-state index contributed by atoms with van der Waals surface area (Å²) in [5.41, 5.74) is 3.26. The van der Waals surface area contributed by atoms with E-state index < -0.39 is 0 Å². The average Bonchev–Trinajstić information content (AvgIpc) is 3.10. The van der Waals surface area contributed by atoms with Crippen LogP contribution < -0.4 is 5.56 Å². The minimum atomic E-state index is -0.0680. The molecule has 4 aromatic rings. The molecule has 2 aromatic carbocycles. The molecule has 7 heteroatoms. The number of aromatic nitrogens is 4. The highest BCUT2D eigenvalue weighted by atomic mass is 35.5. The van der Waals surface area contributed by atoms with Gasteiger partial charge in [0.05, 0.1) is 17.4 Å². The maximum Gasteiger partial charge on any atom is 0.263 e. The predicted octanol–water partition coefficient (Wildman–Crippen LogP) is 3.94. The predicted molar refractivity (Wildman–Crippen MR) is 106 cm³/mol. The van der Waals surface area contributed by atoms with E-state index in [1.807, 2.05) is 65.1 Å². The molecule has 0 bridgehead atoms. The molecule has 2 aromatic heterocycles. The summed E-state index contributed by atoms with van der Waals surface area (Å²) in [5, 5.41) is 9.98. The Morgan fingerprint density at radius 1 is 1.04 bits per heavy atom. The highest BCUT2D eigenvalue weighted by Gasteiger charge is 2.16. The van der Waals surface area contributed by atoms with Crippen LogP contribution >= 0.6 is 23.4 Å². The first-order valence-corrected chi connectivity index (χ1v) is 9.50. The Hall–Kier alpha value is -2.57. The van der Waals surface area contributed by atoms with Crippen molar-refractivity contribution < 1.29 is 0 Å². The maximum absolute atomic E-state index is 13.1. The molecule has 0 aliphatic rings. The van der Waals surface area contributed by atoms with Gasteiger partial charge in [0.15, 0.2) is 5.16 Å². The zero-order valence-electron chi connectivity index (χ0n) is 13.7. The number of nitrogens with zero attached hydrogens (tertiary/aromatic N) is 4. The van der Waals surface area contributed by atoms with Crippen molar-refractivity contribution >= 4 is 40.0 Å². The minimum absolute atomic E-state index is 0.0680. The Morgan fingerprint density at radius 2 is 1.81 bits per heavy atom. The molecule has 0 radical (unpaired) electrons. The molecule has 0 N–H and O–H groups in total. The van der Waals surface area contributed by atoms with E-state index in [9.17, 15) is 4.79 Å². The van der Waals surface area contributed by atoms with Gasteiger partial charge in [0, 0.05) is 11.3 Å². The molecule has 26 heavy (non-hydrogen) atoms. The van der Waals surface area contributed by atoms with Gasteiger partial charge in [-0.15, -0.1) is 10.2 Å². The highest BCUT2D eigenvalue weighted by Crippen LogP contribution is 2.22. The molecule has 0 saturated carbocycles. The quantitative estimate of drug-likeness (QED) is 0.490. The molecule has 4 rings (SSSR count). The van der Waals surface area contributed by atoms with Gasteiger partial charge in [0.2, 0.25) is 5.78 Å². The maximum atomic E-state index is 13.1. The van der Waals surface area contributed by atoms with Crippen LogP contribution in [0, 0.1) is 0 Å². The van der Waals surface area contributed by atoms with Crippen LogP contribution in [0.25, 0.3) is 16.7 Å². The largest absolute Gasteiger partial charge is 0.272 e. The van der Waals surface area contributed by atoms with Crippen molar-refractivity contribution in [3.63, 3.8) is 0 Å². The van der Waals surface area contributed by atoms with Crippen molar-refractivity contribution in [2.45, 2.75) is 11.7 Å². The molecule has 0 spiro atoms. The number of hydrogen-bond donors (Lipinski definition) is 0. The Bertz CT molecular complexity index is 1150. The van der Waals surface area contributed by atoms with Crippen LogP contribution in [0.2, 0.25) is 0 Å². The lowest BCUT2D eigenvalue weighted by Crippen LogP contribution is -2.24. The van der Waals surface area contributed by atoms with E-state index in [0.29, 0.717) is 23.5 Å². The third-order valence-electron chi connectivity index (χ3n) is 4.06. The van der Waals surface area contributed by atoms with Crippen molar-refractivity contribution in [2.24, 2.45) is 0 Å². The van der Waals surface area contributed by atoms with Crippen LogP contribution in [0.5, 0.6) is 0 Å². The summed E-state index contributed by atoms with van der Waals surface area (Å²) >= 11 is 7.13. The van der Waals surface area contributed by atoms with Gasteiger partial charge < -0.3 is 0 Å². The van der Waals surface area contributed by atoms with E-state index in [1.54, 1.807) is 4.57 Å². The van der Waals surface area contributed by atoms with E-state index in [2.05, 4.69) is 10.2 Å². The molecule has 5 nitrogen and oxygen atoms in total. The first-order valence-electron chi connectivity index (χ1n) is 8.08. The lowest BCUT2D eigenvalue weighted by atomic mass is 10.2. The number of para-hydroxylation sites is 1. The van der Waals surface area contributed by atoms with E-state index >= 15 is 0 Å².